The third-order valence-electron chi connectivity index (χ3n) is 4.66. The van der Waals surface area contributed by atoms with Gasteiger partial charge < -0.3 is 9.84 Å². The number of carbonyl (C=O) groups excluding carboxylic acids is 1. The Balaban J connectivity index is 1.33. The average Bonchev–Trinajstić information content (AvgIpc) is 3.29. The first-order chi connectivity index (χ1) is 11.3. The number of carbonyl (C=O) groups is 1. The molecule has 0 radical (unpaired) electrons. The Bertz CT molecular complexity index is 661. The lowest BCUT2D eigenvalue weighted by Crippen LogP contribution is -2.32. The first kappa shape index (κ1) is 14.8. The van der Waals surface area contributed by atoms with Crippen LogP contribution >= 0.6 is 11.3 Å². The van der Waals surface area contributed by atoms with E-state index in [-0.39, 0.29) is 11.9 Å². The molecule has 0 saturated carbocycles. The molecule has 0 aliphatic carbocycles. The van der Waals surface area contributed by atoms with Crippen LogP contribution in [0.3, 0.4) is 0 Å². The van der Waals surface area contributed by atoms with Gasteiger partial charge in [-0.2, -0.15) is 4.98 Å². The highest BCUT2D eigenvalue weighted by Gasteiger charge is 2.30. The Labute approximate surface area is 138 Å². The van der Waals surface area contributed by atoms with E-state index < -0.39 is 0 Å². The molecule has 6 nitrogen and oxygen atoms in total. The Morgan fingerprint density at radius 2 is 2.22 bits per heavy atom. The van der Waals surface area contributed by atoms with Gasteiger partial charge in [-0.3, -0.25) is 9.69 Å². The van der Waals surface area contributed by atoms with Crippen LogP contribution in [0, 0.1) is 0 Å². The third kappa shape index (κ3) is 3.30. The van der Waals surface area contributed by atoms with E-state index in [1.54, 1.807) is 0 Å². The highest BCUT2D eigenvalue weighted by atomic mass is 32.1. The second-order valence-electron chi connectivity index (χ2n) is 6.28. The van der Waals surface area contributed by atoms with Gasteiger partial charge in [0.2, 0.25) is 11.8 Å². The summed E-state index contributed by atoms with van der Waals surface area (Å²) >= 11 is 1.82. The van der Waals surface area contributed by atoms with E-state index in [2.05, 4.69) is 37.9 Å². The van der Waals surface area contributed by atoms with Crippen molar-refractivity contribution >= 4 is 17.2 Å². The van der Waals surface area contributed by atoms with E-state index in [0.29, 0.717) is 18.2 Å². The normalized spacial score (nSPS) is 23.3. The number of aromatic nitrogens is 2. The van der Waals surface area contributed by atoms with Gasteiger partial charge in [0.25, 0.3) is 0 Å². The maximum absolute atomic E-state index is 11.3. The van der Waals surface area contributed by atoms with E-state index in [4.69, 9.17) is 4.52 Å². The van der Waals surface area contributed by atoms with Gasteiger partial charge >= 0.3 is 0 Å². The lowest BCUT2D eigenvalue weighted by Gasteiger charge is -2.30. The van der Waals surface area contributed by atoms with Crippen molar-refractivity contribution in [2.75, 3.05) is 13.1 Å². The third-order valence-corrected chi connectivity index (χ3v) is 5.52. The summed E-state index contributed by atoms with van der Waals surface area (Å²) in [6, 6.07) is 4.20. The lowest BCUT2D eigenvalue weighted by atomic mass is 9.96. The number of thiophene rings is 1. The van der Waals surface area contributed by atoms with Gasteiger partial charge in [-0.1, -0.05) is 11.2 Å². The molecule has 1 N–H and O–H groups in total. The number of nitrogens with zero attached hydrogens (tertiary/aromatic N) is 3. The first-order valence-corrected chi connectivity index (χ1v) is 9.03. The molecular weight excluding hydrogens is 312 g/mol. The summed E-state index contributed by atoms with van der Waals surface area (Å²) in [5, 5.41) is 9.16. The van der Waals surface area contributed by atoms with Gasteiger partial charge in [0, 0.05) is 23.8 Å². The van der Waals surface area contributed by atoms with Crippen LogP contribution < -0.4 is 5.32 Å². The Morgan fingerprint density at radius 1 is 1.35 bits per heavy atom. The summed E-state index contributed by atoms with van der Waals surface area (Å²) in [5.74, 6) is 1.80. The lowest BCUT2D eigenvalue weighted by molar-refractivity contribution is -0.119. The first-order valence-electron chi connectivity index (χ1n) is 8.15. The minimum atomic E-state index is -0.0948. The fraction of sp³-hybridized carbons (Fsp3) is 0.562. The van der Waals surface area contributed by atoms with Gasteiger partial charge in [0.05, 0.1) is 0 Å². The maximum Gasteiger partial charge on any atom is 0.249 e. The van der Waals surface area contributed by atoms with Crippen LogP contribution in [0.1, 0.15) is 54.2 Å². The highest BCUT2D eigenvalue weighted by Crippen LogP contribution is 2.29. The van der Waals surface area contributed by atoms with Crippen LogP contribution in [0.25, 0.3) is 0 Å². The maximum atomic E-state index is 11.3. The predicted octanol–water partition coefficient (Wildman–Crippen LogP) is 2.46. The summed E-state index contributed by atoms with van der Waals surface area (Å²) < 4.78 is 5.37. The number of likely N-dealkylation sites (tertiary alicyclic amines) is 1. The summed E-state index contributed by atoms with van der Waals surface area (Å²) in [5.41, 5.74) is 0. The molecular formula is C16H20N4O2S. The molecule has 2 aromatic rings. The van der Waals surface area contributed by atoms with Crippen LogP contribution in [0.15, 0.2) is 22.0 Å². The molecule has 23 heavy (non-hydrogen) atoms. The van der Waals surface area contributed by atoms with Crippen LogP contribution in [0.5, 0.6) is 0 Å². The van der Waals surface area contributed by atoms with E-state index in [9.17, 15) is 4.79 Å². The largest absolute Gasteiger partial charge is 0.344 e. The second kappa shape index (κ2) is 6.41. The molecule has 0 bridgehead atoms. The van der Waals surface area contributed by atoms with E-state index >= 15 is 0 Å². The van der Waals surface area contributed by atoms with Gasteiger partial charge in [0.15, 0.2) is 5.82 Å². The zero-order valence-corrected chi connectivity index (χ0v) is 13.7. The van der Waals surface area contributed by atoms with Crippen molar-refractivity contribution in [1.29, 1.82) is 0 Å². The van der Waals surface area contributed by atoms with E-state index in [1.165, 1.54) is 4.88 Å². The zero-order chi connectivity index (χ0) is 15.6. The van der Waals surface area contributed by atoms with Crippen LogP contribution in [0.2, 0.25) is 0 Å². The standard InChI is InChI=1S/C16H20N4O2S/c21-14-4-3-13(17-14)16-18-15(19-22-16)11-5-7-20(8-6-11)10-12-2-1-9-23-12/h1-2,9,11,13H,3-8,10H2,(H,17,21). The highest BCUT2D eigenvalue weighted by molar-refractivity contribution is 7.09. The van der Waals surface area contributed by atoms with Crippen molar-refractivity contribution in [3.8, 4) is 0 Å². The molecule has 4 heterocycles. The summed E-state index contributed by atoms with van der Waals surface area (Å²) in [4.78, 5) is 19.7. The average molecular weight is 332 g/mol. The number of hydrogen-bond acceptors (Lipinski definition) is 6. The molecule has 2 aliphatic heterocycles. The molecule has 2 fully saturated rings. The Morgan fingerprint density at radius 3 is 2.91 bits per heavy atom. The van der Waals surface area contributed by atoms with E-state index in [1.807, 2.05) is 11.3 Å². The van der Waals surface area contributed by atoms with Crippen LogP contribution in [-0.2, 0) is 11.3 Å². The number of piperidine rings is 1. The molecule has 1 amide bonds. The predicted molar refractivity (Wildman–Crippen MR) is 86.0 cm³/mol. The minimum Gasteiger partial charge on any atom is -0.344 e. The van der Waals surface area contributed by atoms with E-state index in [0.717, 1.165) is 44.7 Å². The molecule has 2 aromatic heterocycles. The fourth-order valence-electron chi connectivity index (χ4n) is 3.33. The van der Waals surface area contributed by atoms with Crippen molar-refractivity contribution in [2.24, 2.45) is 0 Å². The molecule has 1 atom stereocenters. The number of rotatable bonds is 4. The number of nitrogens with one attached hydrogen (secondary N) is 1. The molecule has 122 valence electrons. The van der Waals surface area contributed by atoms with Crippen molar-refractivity contribution in [3.05, 3.63) is 34.1 Å². The number of hydrogen-bond donors (Lipinski definition) is 1. The topological polar surface area (TPSA) is 71.3 Å². The minimum absolute atomic E-state index is 0.0663. The van der Waals surface area contributed by atoms with Gasteiger partial charge in [-0.05, 0) is 43.8 Å². The summed E-state index contributed by atoms with van der Waals surface area (Å²) in [6.07, 6.45) is 3.41. The van der Waals surface area contributed by atoms with Crippen LogP contribution in [0.4, 0.5) is 0 Å². The molecule has 1 unspecified atom stereocenters. The zero-order valence-electron chi connectivity index (χ0n) is 12.9. The SMILES string of the molecule is O=C1CCC(c2nc(C3CCN(Cc4cccs4)CC3)no2)N1. The Hall–Kier alpha value is -1.73. The van der Waals surface area contributed by atoms with Gasteiger partial charge in [-0.15, -0.1) is 11.3 Å². The summed E-state index contributed by atoms with van der Waals surface area (Å²) in [7, 11) is 0. The van der Waals surface area contributed by atoms with Crippen molar-refractivity contribution < 1.29 is 9.32 Å². The van der Waals surface area contributed by atoms with Crippen molar-refractivity contribution in [3.63, 3.8) is 0 Å². The van der Waals surface area contributed by atoms with Gasteiger partial charge in [-0.25, -0.2) is 0 Å². The molecule has 0 aromatic carbocycles. The summed E-state index contributed by atoms with van der Waals surface area (Å²) in [6.45, 7) is 3.16. The number of amides is 1. The fourth-order valence-corrected chi connectivity index (χ4v) is 4.07. The smallest absolute Gasteiger partial charge is 0.249 e. The van der Waals surface area contributed by atoms with Crippen molar-refractivity contribution in [2.45, 2.75) is 44.2 Å². The monoisotopic (exact) mass is 332 g/mol. The second-order valence-corrected chi connectivity index (χ2v) is 7.31. The van der Waals surface area contributed by atoms with Gasteiger partial charge in [0.1, 0.15) is 6.04 Å². The molecule has 0 spiro atoms. The Kier molecular flexibility index (Phi) is 4.13. The molecule has 2 saturated heterocycles. The van der Waals surface area contributed by atoms with Crippen LogP contribution in [-0.4, -0.2) is 34.0 Å². The molecule has 4 rings (SSSR count). The van der Waals surface area contributed by atoms with Crippen molar-refractivity contribution in [1.82, 2.24) is 20.4 Å². The quantitative estimate of drug-likeness (QED) is 0.931. The molecule has 7 heteroatoms. The molecule has 2 aliphatic rings.